The van der Waals surface area contributed by atoms with Gasteiger partial charge in [-0.2, -0.15) is 0 Å². The van der Waals surface area contributed by atoms with Gasteiger partial charge in [-0.15, -0.1) is 0 Å². The Balaban J connectivity index is 1.68. The van der Waals surface area contributed by atoms with Crippen molar-refractivity contribution in [3.05, 3.63) is 91.0 Å². The number of amides is 1. The summed E-state index contributed by atoms with van der Waals surface area (Å²) in [5.74, 6) is 1.81. The summed E-state index contributed by atoms with van der Waals surface area (Å²) >= 11 is 0. The Labute approximate surface area is 175 Å². The Morgan fingerprint density at radius 1 is 0.667 bits per heavy atom. The number of carbonyl (C=O) groups is 1. The molecule has 4 rings (SSSR count). The largest absolute Gasteiger partial charge is 0.340 e. The molecule has 1 amide bonds. The quantitative estimate of drug-likeness (QED) is 0.397. The number of aromatic nitrogens is 2. The lowest BCUT2D eigenvalue weighted by Crippen LogP contribution is -2.06. The fraction of sp³-hybridized carbons (Fsp3) is 0.0417. The summed E-state index contributed by atoms with van der Waals surface area (Å²) in [6.45, 7) is 1.48. The number of nitrogens with zero attached hydrogens (tertiary/aromatic N) is 2. The van der Waals surface area contributed by atoms with Crippen molar-refractivity contribution in [2.45, 2.75) is 6.92 Å². The first-order chi connectivity index (χ1) is 14.7. The zero-order valence-electron chi connectivity index (χ0n) is 16.5. The van der Waals surface area contributed by atoms with E-state index in [1.165, 1.54) is 6.92 Å². The van der Waals surface area contributed by atoms with E-state index in [2.05, 4.69) is 25.9 Å². The SMILES string of the molecule is CC(=O)Nc1cccc(Nc2cc(Nc3ccccc3)nc(-c3ccccc3)n2)c1. The van der Waals surface area contributed by atoms with Gasteiger partial charge in [0.25, 0.3) is 0 Å². The first kappa shape index (κ1) is 19.1. The van der Waals surface area contributed by atoms with E-state index >= 15 is 0 Å². The standard InChI is InChI=1S/C24H21N5O/c1-17(30)25-20-13-8-14-21(15-20)27-23-16-22(26-19-11-6-3-7-12-19)28-24(29-23)18-9-4-2-5-10-18/h2-16H,1H3,(H,25,30)(H2,26,27,28,29). The summed E-state index contributed by atoms with van der Waals surface area (Å²) < 4.78 is 0. The summed E-state index contributed by atoms with van der Waals surface area (Å²) in [4.78, 5) is 20.7. The first-order valence-electron chi connectivity index (χ1n) is 9.57. The van der Waals surface area contributed by atoms with Gasteiger partial charge in [-0.1, -0.05) is 54.6 Å². The van der Waals surface area contributed by atoms with Crippen LogP contribution in [-0.4, -0.2) is 15.9 Å². The predicted octanol–water partition coefficient (Wildman–Crippen LogP) is 5.59. The third-order valence-electron chi connectivity index (χ3n) is 4.26. The maximum Gasteiger partial charge on any atom is 0.221 e. The highest BCUT2D eigenvalue weighted by atomic mass is 16.1. The fourth-order valence-corrected chi connectivity index (χ4v) is 2.99. The predicted molar refractivity (Wildman–Crippen MR) is 121 cm³/mol. The third kappa shape index (κ3) is 4.99. The summed E-state index contributed by atoms with van der Waals surface area (Å²) in [6, 6.07) is 29.0. The molecular formula is C24H21N5O. The van der Waals surface area contributed by atoms with Crippen LogP contribution in [0.25, 0.3) is 11.4 Å². The Hall–Kier alpha value is -4.19. The minimum atomic E-state index is -0.116. The van der Waals surface area contributed by atoms with Crippen LogP contribution in [0.3, 0.4) is 0 Å². The van der Waals surface area contributed by atoms with Crippen LogP contribution in [0, 0.1) is 0 Å². The van der Waals surface area contributed by atoms with Crippen LogP contribution in [0.2, 0.25) is 0 Å². The van der Waals surface area contributed by atoms with Crippen LogP contribution < -0.4 is 16.0 Å². The minimum absolute atomic E-state index is 0.116. The molecule has 0 spiro atoms. The van der Waals surface area contributed by atoms with Gasteiger partial charge in [-0.25, -0.2) is 9.97 Å². The van der Waals surface area contributed by atoms with Crippen molar-refractivity contribution < 1.29 is 4.79 Å². The van der Waals surface area contributed by atoms with E-state index < -0.39 is 0 Å². The van der Waals surface area contributed by atoms with Crippen molar-refractivity contribution in [3.8, 4) is 11.4 Å². The first-order valence-corrected chi connectivity index (χ1v) is 9.57. The van der Waals surface area contributed by atoms with Crippen molar-refractivity contribution in [1.82, 2.24) is 9.97 Å². The molecule has 6 nitrogen and oxygen atoms in total. The normalized spacial score (nSPS) is 10.3. The molecule has 0 aliphatic rings. The van der Waals surface area contributed by atoms with Crippen LogP contribution in [0.15, 0.2) is 91.0 Å². The van der Waals surface area contributed by atoms with Gasteiger partial charge in [0.15, 0.2) is 5.82 Å². The second-order valence-corrected chi connectivity index (χ2v) is 6.71. The highest BCUT2D eigenvalue weighted by Crippen LogP contribution is 2.25. The molecule has 0 atom stereocenters. The molecule has 3 N–H and O–H groups in total. The van der Waals surface area contributed by atoms with Crippen molar-refractivity contribution in [3.63, 3.8) is 0 Å². The lowest BCUT2D eigenvalue weighted by atomic mass is 10.2. The van der Waals surface area contributed by atoms with Gasteiger partial charge in [0.2, 0.25) is 5.91 Å². The van der Waals surface area contributed by atoms with E-state index in [0.29, 0.717) is 23.1 Å². The fourth-order valence-electron chi connectivity index (χ4n) is 2.99. The number of para-hydroxylation sites is 1. The van der Waals surface area contributed by atoms with E-state index in [0.717, 1.165) is 16.9 Å². The molecule has 0 saturated heterocycles. The highest BCUT2D eigenvalue weighted by molar-refractivity contribution is 5.89. The van der Waals surface area contributed by atoms with Gasteiger partial charge >= 0.3 is 0 Å². The molecular weight excluding hydrogens is 374 g/mol. The molecule has 6 heteroatoms. The minimum Gasteiger partial charge on any atom is -0.340 e. The monoisotopic (exact) mass is 395 g/mol. The smallest absolute Gasteiger partial charge is 0.221 e. The zero-order valence-corrected chi connectivity index (χ0v) is 16.5. The molecule has 0 bridgehead atoms. The zero-order chi connectivity index (χ0) is 20.8. The number of nitrogens with one attached hydrogen (secondary N) is 3. The summed E-state index contributed by atoms with van der Waals surface area (Å²) in [5, 5.41) is 9.43. The second-order valence-electron chi connectivity index (χ2n) is 6.71. The van der Waals surface area contributed by atoms with Gasteiger partial charge in [0.1, 0.15) is 11.6 Å². The molecule has 0 unspecified atom stereocenters. The lowest BCUT2D eigenvalue weighted by molar-refractivity contribution is -0.114. The van der Waals surface area contributed by atoms with Crippen LogP contribution in [0.1, 0.15) is 6.92 Å². The van der Waals surface area contributed by atoms with Gasteiger partial charge in [-0.3, -0.25) is 4.79 Å². The number of rotatable bonds is 6. The molecule has 148 valence electrons. The van der Waals surface area contributed by atoms with E-state index in [-0.39, 0.29) is 5.91 Å². The summed E-state index contributed by atoms with van der Waals surface area (Å²) in [5.41, 5.74) is 3.38. The van der Waals surface area contributed by atoms with Crippen molar-refractivity contribution >= 4 is 34.6 Å². The Kier molecular flexibility index (Phi) is 5.66. The van der Waals surface area contributed by atoms with E-state index in [1.807, 2.05) is 91.0 Å². The third-order valence-corrected chi connectivity index (χ3v) is 4.26. The molecule has 1 aromatic heterocycles. The van der Waals surface area contributed by atoms with Crippen molar-refractivity contribution in [2.75, 3.05) is 16.0 Å². The topological polar surface area (TPSA) is 78.9 Å². The summed E-state index contributed by atoms with van der Waals surface area (Å²) in [6.07, 6.45) is 0. The number of hydrogen-bond acceptors (Lipinski definition) is 5. The molecule has 0 aliphatic heterocycles. The van der Waals surface area contributed by atoms with Gasteiger partial charge < -0.3 is 16.0 Å². The molecule has 30 heavy (non-hydrogen) atoms. The van der Waals surface area contributed by atoms with Crippen molar-refractivity contribution in [2.24, 2.45) is 0 Å². The number of carbonyl (C=O) groups excluding carboxylic acids is 1. The average molecular weight is 395 g/mol. The number of anilines is 5. The molecule has 4 aromatic rings. The van der Waals surface area contributed by atoms with Crippen LogP contribution in [0.5, 0.6) is 0 Å². The average Bonchev–Trinajstić information content (AvgIpc) is 2.75. The van der Waals surface area contributed by atoms with Gasteiger partial charge in [0, 0.05) is 35.6 Å². The molecule has 1 heterocycles. The lowest BCUT2D eigenvalue weighted by Gasteiger charge is -2.12. The van der Waals surface area contributed by atoms with E-state index in [1.54, 1.807) is 0 Å². The summed E-state index contributed by atoms with van der Waals surface area (Å²) in [7, 11) is 0. The number of benzene rings is 3. The molecule has 0 radical (unpaired) electrons. The maximum atomic E-state index is 11.3. The molecule has 3 aromatic carbocycles. The molecule has 0 aliphatic carbocycles. The van der Waals surface area contributed by atoms with Gasteiger partial charge in [-0.05, 0) is 30.3 Å². The Bertz CT molecular complexity index is 1150. The van der Waals surface area contributed by atoms with E-state index in [9.17, 15) is 4.79 Å². The Morgan fingerprint density at radius 3 is 1.90 bits per heavy atom. The van der Waals surface area contributed by atoms with Crippen LogP contribution in [-0.2, 0) is 4.79 Å². The molecule has 0 fully saturated rings. The Morgan fingerprint density at radius 2 is 1.23 bits per heavy atom. The van der Waals surface area contributed by atoms with Crippen LogP contribution in [0.4, 0.5) is 28.7 Å². The second kappa shape index (κ2) is 8.87. The van der Waals surface area contributed by atoms with Crippen LogP contribution >= 0.6 is 0 Å². The highest BCUT2D eigenvalue weighted by Gasteiger charge is 2.08. The van der Waals surface area contributed by atoms with Crippen molar-refractivity contribution in [1.29, 1.82) is 0 Å². The molecule has 0 saturated carbocycles. The van der Waals surface area contributed by atoms with Gasteiger partial charge in [0.05, 0.1) is 0 Å². The maximum absolute atomic E-state index is 11.3. The number of hydrogen-bond donors (Lipinski definition) is 3. The van der Waals surface area contributed by atoms with E-state index in [4.69, 9.17) is 0 Å².